The van der Waals surface area contributed by atoms with Crippen molar-refractivity contribution >= 4 is 41.9 Å². The summed E-state index contributed by atoms with van der Waals surface area (Å²) < 4.78 is 37.9. The van der Waals surface area contributed by atoms with Crippen LogP contribution >= 0.6 is 15.9 Å². The summed E-state index contributed by atoms with van der Waals surface area (Å²) in [4.78, 5) is 28.2. The third-order valence-corrected chi connectivity index (χ3v) is 11.0. The van der Waals surface area contributed by atoms with Gasteiger partial charge in [-0.2, -0.15) is 0 Å². The Morgan fingerprint density at radius 2 is 1.57 bits per heavy atom. The lowest BCUT2D eigenvalue weighted by Crippen LogP contribution is -2.45. The number of benzene rings is 1. The van der Waals surface area contributed by atoms with Gasteiger partial charge in [0.05, 0.1) is 28.4 Å². The molecule has 1 aromatic heterocycles. The number of ether oxygens (including phenoxy) is 1. The first kappa shape index (κ1) is 37.8. The smallest absolute Gasteiger partial charge is 0.444 e. The Hall–Kier alpha value is -2.45. The number of fused-ring (bicyclic) bond motifs is 1. The number of nitrogens with one attached hydrogen (secondary N) is 1. The van der Waals surface area contributed by atoms with Crippen molar-refractivity contribution in [3.63, 3.8) is 0 Å². The molecule has 15 heteroatoms. The van der Waals surface area contributed by atoms with Crippen LogP contribution in [-0.4, -0.2) is 75.7 Å². The van der Waals surface area contributed by atoms with E-state index >= 15 is 0 Å². The van der Waals surface area contributed by atoms with Crippen molar-refractivity contribution in [2.24, 2.45) is 0 Å². The van der Waals surface area contributed by atoms with Gasteiger partial charge in [0.15, 0.2) is 0 Å². The minimum Gasteiger partial charge on any atom is -0.444 e. The van der Waals surface area contributed by atoms with Crippen LogP contribution in [0.15, 0.2) is 27.1 Å². The molecule has 1 N–H and O–H groups in total. The third kappa shape index (κ3) is 7.90. The van der Waals surface area contributed by atoms with E-state index in [-0.39, 0.29) is 11.9 Å². The second-order valence-electron chi connectivity index (χ2n) is 16.8. The van der Waals surface area contributed by atoms with E-state index < -0.39 is 59.4 Å². The Bertz CT molecular complexity index is 1560. The van der Waals surface area contributed by atoms with Gasteiger partial charge in [-0.05, 0) is 112 Å². The highest BCUT2D eigenvalue weighted by atomic mass is 79.9. The molecular weight excluding hydrogens is 694 g/mol. The third-order valence-electron chi connectivity index (χ3n) is 10.5. The molecule has 0 spiro atoms. The van der Waals surface area contributed by atoms with Gasteiger partial charge in [-0.1, -0.05) is 35.8 Å². The minimum absolute atomic E-state index is 0.122. The zero-order chi connectivity index (χ0) is 36.4. The molecule has 0 aliphatic carbocycles. The molecule has 4 heterocycles. The predicted octanol–water partition coefficient (Wildman–Crippen LogP) is 6.74. The predicted molar refractivity (Wildman–Crippen MR) is 189 cm³/mol. The summed E-state index contributed by atoms with van der Waals surface area (Å²) in [6.07, 6.45) is 1.30. The first-order valence-corrected chi connectivity index (χ1v) is 17.8. The van der Waals surface area contributed by atoms with E-state index in [2.05, 4.69) is 31.4 Å². The van der Waals surface area contributed by atoms with Crippen LogP contribution in [0, 0.1) is 0 Å². The van der Waals surface area contributed by atoms with Crippen molar-refractivity contribution in [1.29, 1.82) is 0 Å². The summed E-state index contributed by atoms with van der Waals surface area (Å²) in [5, 5.41) is 11.5. The van der Waals surface area contributed by atoms with Gasteiger partial charge in [0.25, 0.3) is 0 Å². The first-order chi connectivity index (χ1) is 22.4. The van der Waals surface area contributed by atoms with Crippen LogP contribution in [0.3, 0.4) is 0 Å². The van der Waals surface area contributed by atoms with E-state index in [0.29, 0.717) is 38.2 Å². The number of hydrogen-bond acceptors (Lipinski definition) is 10. The first-order valence-electron chi connectivity index (χ1n) is 17.0. The minimum atomic E-state index is -0.686. The molecule has 0 bridgehead atoms. The van der Waals surface area contributed by atoms with Crippen LogP contribution in [0.5, 0.6) is 0 Å². The second kappa shape index (κ2) is 13.0. The summed E-state index contributed by atoms with van der Waals surface area (Å²) in [6, 6.07) is 5.46. The van der Waals surface area contributed by atoms with E-state index in [0.717, 1.165) is 15.6 Å². The molecule has 49 heavy (non-hydrogen) atoms. The molecule has 1 aromatic carbocycles. The zero-order valence-corrected chi connectivity index (χ0v) is 32.6. The maximum atomic E-state index is 13.5. The van der Waals surface area contributed by atoms with Gasteiger partial charge in [0, 0.05) is 23.0 Å². The number of aromatic nitrogens is 2. The average molecular weight is 745 g/mol. The standard InChI is InChI=1S/C34H51B2BrN4O8/c1-29(2,3)45-28(43)41-18-15-24(23-14-13-22(37)19-21(23)20-41)38-25(42)26-39-40-27(44-26)30(4,5)16-17-34(12)33(10,11)48-36(49-34)35-46-31(6,7)32(8,9)47-35/h13-14,19,24H,15-18,20H2,1-12H3,(H,38,42)/t24-,34?/m1/s1. The lowest BCUT2D eigenvalue weighted by molar-refractivity contribution is -0.0208. The normalized spacial score (nSPS) is 24.8. The average Bonchev–Trinajstić information content (AvgIpc) is 3.57. The van der Waals surface area contributed by atoms with Crippen molar-refractivity contribution in [3.8, 4) is 0 Å². The Balaban J connectivity index is 1.24. The van der Waals surface area contributed by atoms with Gasteiger partial charge in [0.2, 0.25) is 5.89 Å². The summed E-state index contributed by atoms with van der Waals surface area (Å²) in [7, 11) is -1.34. The molecule has 2 amide bonds. The van der Waals surface area contributed by atoms with E-state index in [9.17, 15) is 9.59 Å². The Morgan fingerprint density at radius 3 is 2.20 bits per heavy atom. The number of hydrogen-bond donors (Lipinski definition) is 1. The molecule has 2 aromatic rings. The quantitative estimate of drug-likeness (QED) is 0.304. The van der Waals surface area contributed by atoms with Crippen LogP contribution in [0.4, 0.5) is 4.79 Å². The molecule has 2 atom stereocenters. The highest BCUT2D eigenvalue weighted by Gasteiger charge is 2.64. The van der Waals surface area contributed by atoms with Gasteiger partial charge < -0.3 is 38.0 Å². The van der Waals surface area contributed by atoms with Crippen molar-refractivity contribution in [1.82, 2.24) is 20.4 Å². The fourth-order valence-electron chi connectivity index (χ4n) is 6.18. The molecule has 2 fully saturated rings. The second-order valence-corrected chi connectivity index (χ2v) is 17.7. The van der Waals surface area contributed by atoms with Crippen LogP contribution in [0.2, 0.25) is 0 Å². The summed E-state index contributed by atoms with van der Waals surface area (Å²) >= 11 is 3.54. The van der Waals surface area contributed by atoms with Crippen LogP contribution in [-0.2, 0) is 35.3 Å². The molecule has 3 aliphatic heterocycles. The molecule has 0 saturated carbocycles. The van der Waals surface area contributed by atoms with E-state index in [1.807, 2.05) is 101 Å². The molecule has 5 rings (SSSR count). The number of carbonyl (C=O) groups excluding carboxylic acids is 2. The molecular formula is C34H51B2BrN4O8. The fraction of sp³-hybridized carbons (Fsp3) is 0.706. The topological polar surface area (TPSA) is 134 Å². The molecule has 3 aliphatic rings. The van der Waals surface area contributed by atoms with Gasteiger partial charge in [-0.3, -0.25) is 4.79 Å². The molecule has 268 valence electrons. The maximum absolute atomic E-state index is 13.5. The van der Waals surface area contributed by atoms with Gasteiger partial charge in [-0.25, -0.2) is 4.79 Å². The molecule has 2 saturated heterocycles. The van der Waals surface area contributed by atoms with Crippen molar-refractivity contribution < 1.29 is 37.4 Å². The highest BCUT2D eigenvalue weighted by Crippen LogP contribution is 2.46. The maximum Gasteiger partial charge on any atom is 0.488 e. The van der Waals surface area contributed by atoms with Crippen LogP contribution in [0.1, 0.15) is 136 Å². The van der Waals surface area contributed by atoms with Gasteiger partial charge in [-0.15, -0.1) is 10.2 Å². The summed E-state index contributed by atoms with van der Waals surface area (Å²) in [5.41, 5.74) is -1.70. The van der Waals surface area contributed by atoms with Crippen LogP contribution < -0.4 is 5.32 Å². The molecule has 1 unspecified atom stereocenters. The fourth-order valence-corrected chi connectivity index (χ4v) is 6.59. The Kier molecular flexibility index (Phi) is 9.99. The van der Waals surface area contributed by atoms with Crippen molar-refractivity contribution in [3.05, 3.63) is 45.6 Å². The van der Waals surface area contributed by atoms with Crippen molar-refractivity contribution in [2.75, 3.05) is 6.54 Å². The lowest BCUT2D eigenvalue weighted by atomic mass is 9.49. The number of amides is 2. The molecule has 0 radical (unpaired) electrons. The van der Waals surface area contributed by atoms with Gasteiger partial charge >= 0.3 is 31.9 Å². The SMILES string of the molecule is CC(C)(C)OC(=O)N1CC[C@@H](NC(=O)c2nnc(C(C)(C)CCC3(C)OB(B4OC(C)(C)C(C)(C)O4)OC3(C)C)o2)c2ccc(Br)cc2C1. The highest BCUT2D eigenvalue weighted by molar-refractivity contribution is 9.10. The van der Waals surface area contributed by atoms with Crippen LogP contribution in [0.25, 0.3) is 0 Å². The number of halogens is 1. The monoisotopic (exact) mass is 744 g/mol. The zero-order valence-electron chi connectivity index (χ0n) is 31.0. The van der Waals surface area contributed by atoms with E-state index in [1.54, 1.807) is 4.90 Å². The Labute approximate surface area is 299 Å². The van der Waals surface area contributed by atoms with E-state index in [4.69, 9.17) is 27.8 Å². The molecule has 12 nitrogen and oxygen atoms in total. The lowest BCUT2D eigenvalue weighted by Gasteiger charge is -2.38. The number of rotatable bonds is 7. The van der Waals surface area contributed by atoms with E-state index in [1.165, 1.54) is 0 Å². The number of nitrogens with zero attached hydrogens (tertiary/aromatic N) is 3. The Morgan fingerprint density at radius 1 is 0.959 bits per heavy atom. The van der Waals surface area contributed by atoms with Gasteiger partial charge in [0.1, 0.15) is 5.60 Å². The summed E-state index contributed by atoms with van der Waals surface area (Å²) in [5.74, 6) is -0.255. The summed E-state index contributed by atoms with van der Waals surface area (Å²) in [6.45, 7) is 24.3. The number of carbonyl (C=O) groups is 2. The van der Waals surface area contributed by atoms with Crippen molar-refractivity contribution in [2.45, 2.75) is 148 Å². The largest absolute Gasteiger partial charge is 0.488 e.